The number of nitrogens with zero attached hydrogens (tertiary/aromatic N) is 1. The Hall–Kier alpha value is -1.40. The lowest BCUT2D eigenvalue weighted by atomic mass is 10.1. The molecule has 1 aromatic rings. The summed E-state index contributed by atoms with van der Waals surface area (Å²) in [6.07, 6.45) is 2.71. The third-order valence-corrected chi connectivity index (χ3v) is 5.93. The number of sulfonamides is 1. The van der Waals surface area contributed by atoms with E-state index < -0.39 is 10.0 Å². The molecular formula is C16H24N2O3S. The average Bonchev–Trinajstić information content (AvgIpc) is 2.47. The first kappa shape index (κ1) is 17.0. The van der Waals surface area contributed by atoms with Gasteiger partial charge in [0.15, 0.2) is 0 Å². The van der Waals surface area contributed by atoms with Crippen molar-refractivity contribution < 1.29 is 13.2 Å². The Kier molecular flexibility index (Phi) is 5.97. The molecule has 0 unspecified atom stereocenters. The van der Waals surface area contributed by atoms with Crippen molar-refractivity contribution in [2.75, 3.05) is 25.4 Å². The van der Waals surface area contributed by atoms with Crippen LogP contribution in [0.5, 0.6) is 0 Å². The van der Waals surface area contributed by atoms with E-state index in [-0.39, 0.29) is 11.7 Å². The van der Waals surface area contributed by atoms with Gasteiger partial charge in [0, 0.05) is 19.6 Å². The molecule has 0 spiro atoms. The SMILES string of the molecule is Cc1ccccc1CC(=O)NCCCN1CCCCS1(=O)=O. The maximum atomic E-state index is 11.9. The van der Waals surface area contributed by atoms with Crippen LogP contribution in [0.2, 0.25) is 0 Å². The van der Waals surface area contributed by atoms with E-state index >= 15 is 0 Å². The van der Waals surface area contributed by atoms with Crippen molar-refractivity contribution in [1.82, 2.24) is 9.62 Å². The van der Waals surface area contributed by atoms with Gasteiger partial charge < -0.3 is 5.32 Å². The van der Waals surface area contributed by atoms with Crippen molar-refractivity contribution in [3.05, 3.63) is 35.4 Å². The molecule has 6 heteroatoms. The van der Waals surface area contributed by atoms with E-state index in [1.165, 1.54) is 0 Å². The fraction of sp³-hybridized carbons (Fsp3) is 0.562. The molecule has 122 valence electrons. The van der Waals surface area contributed by atoms with Gasteiger partial charge >= 0.3 is 0 Å². The fourth-order valence-electron chi connectivity index (χ4n) is 2.62. The van der Waals surface area contributed by atoms with E-state index in [4.69, 9.17) is 0 Å². The second-order valence-electron chi connectivity index (χ2n) is 5.73. The third-order valence-electron chi connectivity index (χ3n) is 3.97. The van der Waals surface area contributed by atoms with Crippen LogP contribution in [-0.2, 0) is 21.2 Å². The molecule has 1 aromatic carbocycles. The normalized spacial score (nSPS) is 18.0. The molecule has 1 aliphatic rings. The van der Waals surface area contributed by atoms with Crippen LogP contribution in [0.25, 0.3) is 0 Å². The van der Waals surface area contributed by atoms with E-state index in [0.717, 1.165) is 24.0 Å². The highest BCUT2D eigenvalue weighted by Crippen LogP contribution is 2.13. The van der Waals surface area contributed by atoms with Crippen molar-refractivity contribution in [2.45, 2.75) is 32.6 Å². The molecule has 1 fully saturated rings. The molecule has 0 saturated carbocycles. The largest absolute Gasteiger partial charge is 0.356 e. The van der Waals surface area contributed by atoms with Gasteiger partial charge in [-0.1, -0.05) is 24.3 Å². The molecular weight excluding hydrogens is 300 g/mol. The number of hydrogen-bond donors (Lipinski definition) is 1. The van der Waals surface area contributed by atoms with Crippen molar-refractivity contribution in [1.29, 1.82) is 0 Å². The van der Waals surface area contributed by atoms with Gasteiger partial charge in [0.05, 0.1) is 12.2 Å². The summed E-state index contributed by atoms with van der Waals surface area (Å²) in [5.74, 6) is 0.239. The molecule has 1 aliphatic heterocycles. The van der Waals surface area contributed by atoms with Crippen LogP contribution in [0.4, 0.5) is 0 Å². The summed E-state index contributed by atoms with van der Waals surface area (Å²) < 4.78 is 25.2. The second kappa shape index (κ2) is 7.74. The number of amides is 1. The van der Waals surface area contributed by atoms with Gasteiger partial charge in [0.1, 0.15) is 0 Å². The van der Waals surface area contributed by atoms with Crippen LogP contribution >= 0.6 is 0 Å². The van der Waals surface area contributed by atoms with Gasteiger partial charge in [0.2, 0.25) is 15.9 Å². The number of nitrogens with one attached hydrogen (secondary N) is 1. The van der Waals surface area contributed by atoms with Gasteiger partial charge in [-0.15, -0.1) is 0 Å². The third kappa shape index (κ3) is 4.81. The topological polar surface area (TPSA) is 66.5 Å². The first-order chi connectivity index (χ1) is 10.5. The Morgan fingerprint density at radius 3 is 2.77 bits per heavy atom. The van der Waals surface area contributed by atoms with Gasteiger partial charge in [-0.2, -0.15) is 0 Å². The molecule has 5 nitrogen and oxygen atoms in total. The molecule has 1 heterocycles. The van der Waals surface area contributed by atoms with Crippen molar-refractivity contribution in [3.8, 4) is 0 Å². The van der Waals surface area contributed by atoms with Crippen molar-refractivity contribution in [3.63, 3.8) is 0 Å². The standard InChI is InChI=1S/C16H24N2O3S/c1-14-7-2-3-8-15(14)13-16(19)17-9-6-11-18-10-4-5-12-22(18,20)21/h2-3,7-8H,4-6,9-13H2,1H3,(H,17,19). The van der Waals surface area contributed by atoms with E-state index in [0.29, 0.717) is 32.5 Å². The van der Waals surface area contributed by atoms with Crippen LogP contribution in [0, 0.1) is 6.92 Å². The van der Waals surface area contributed by atoms with Crippen LogP contribution in [0.15, 0.2) is 24.3 Å². The molecule has 22 heavy (non-hydrogen) atoms. The van der Waals surface area contributed by atoms with E-state index in [2.05, 4.69) is 5.32 Å². The van der Waals surface area contributed by atoms with E-state index in [1.54, 1.807) is 4.31 Å². The molecule has 0 bridgehead atoms. The highest BCUT2D eigenvalue weighted by Gasteiger charge is 2.24. The average molecular weight is 324 g/mol. The zero-order chi connectivity index (χ0) is 16.0. The molecule has 0 radical (unpaired) electrons. The summed E-state index contributed by atoms with van der Waals surface area (Å²) in [6, 6.07) is 7.83. The predicted octanol–water partition coefficient (Wildman–Crippen LogP) is 1.47. The molecule has 0 aliphatic carbocycles. The highest BCUT2D eigenvalue weighted by atomic mass is 32.2. The second-order valence-corrected chi connectivity index (χ2v) is 7.82. The predicted molar refractivity (Wildman–Crippen MR) is 87.1 cm³/mol. The van der Waals surface area contributed by atoms with Crippen LogP contribution < -0.4 is 5.32 Å². The lowest BCUT2D eigenvalue weighted by Gasteiger charge is -2.26. The summed E-state index contributed by atoms with van der Waals surface area (Å²) in [7, 11) is -3.06. The van der Waals surface area contributed by atoms with Crippen molar-refractivity contribution in [2.24, 2.45) is 0 Å². The minimum absolute atomic E-state index is 0.0178. The number of carbonyl (C=O) groups excluding carboxylic acids is 1. The molecule has 0 atom stereocenters. The maximum Gasteiger partial charge on any atom is 0.224 e. The number of carbonyl (C=O) groups is 1. The van der Waals surface area contributed by atoms with Crippen molar-refractivity contribution >= 4 is 15.9 Å². The Labute approximate surface area is 132 Å². The number of benzene rings is 1. The molecule has 2 rings (SSSR count). The summed E-state index contributed by atoms with van der Waals surface area (Å²) in [5.41, 5.74) is 2.13. The summed E-state index contributed by atoms with van der Waals surface area (Å²) in [5, 5.41) is 2.86. The quantitative estimate of drug-likeness (QED) is 0.806. The summed E-state index contributed by atoms with van der Waals surface area (Å²) in [6.45, 7) is 3.60. The minimum atomic E-state index is -3.06. The lowest BCUT2D eigenvalue weighted by Crippen LogP contribution is -2.39. The van der Waals surface area contributed by atoms with Crippen LogP contribution in [-0.4, -0.2) is 44.0 Å². The zero-order valence-corrected chi connectivity index (χ0v) is 13.9. The zero-order valence-electron chi connectivity index (χ0n) is 13.0. The molecule has 1 N–H and O–H groups in total. The number of hydrogen-bond acceptors (Lipinski definition) is 3. The fourth-order valence-corrected chi connectivity index (χ4v) is 4.26. The smallest absolute Gasteiger partial charge is 0.224 e. The monoisotopic (exact) mass is 324 g/mol. The van der Waals surface area contributed by atoms with Crippen LogP contribution in [0.1, 0.15) is 30.4 Å². The first-order valence-electron chi connectivity index (χ1n) is 7.78. The summed E-state index contributed by atoms with van der Waals surface area (Å²) in [4.78, 5) is 11.9. The summed E-state index contributed by atoms with van der Waals surface area (Å²) >= 11 is 0. The molecule has 0 aromatic heterocycles. The van der Waals surface area contributed by atoms with Gasteiger partial charge in [-0.05, 0) is 37.3 Å². The highest BCUT2D eigenvalue weighted by molar-refractivity contribution is 7.89. The Balaban J connectivity index is 1.70. The van der Waals surface area contributed by atoms with E-state index in [1.807, 2.05) is 31.2 Å². The Bertz CT molecular complexity index is 614. The van der Waals surface area contributed by atoms with E-state index in [9.17, 15) is 13.2 Å². The Morgan fingerprint density at radius 1 is 1.27 bits per heavy atom. The molecule has 1 saturated heterocycles. The lowest BCUT2D eigenvalue weighted by molar-refractivity contribution is -0.120. The van der Waals surface area contributed by atoms with Gasteiger partial charge in [-0.25, -0.2) is 12.7 Å². The number of rotatable bonds is 6. The maximum absolute atomic E-state index is 11.9. The molecule has 1 amide bonds. The Morgan fingerprint density at radius 2 is 2.05 bits per heavy atom. The van der Waals surface area contributed by atoms with Crippen LogP contribution in [0.3, 0.4) is 0 Å². The number of aryl methyl sites for hydroxylation is 1. The first-order valence-corrected chi connectivity index (χ1v) is 9.39. The van der Waals surface area contributed by atoms with Gasteiger partial charge in [0.25, 0.3) is 0 Å². The van der Waals surface area contributed by atoms with Gasteiger partial charge in [-0.3, -0.25) is 4.79 Å². The minimum Gasteiger partial charge on any atom is -0.356 e.